The van der Waals surface area contributed by atoms with E-state index >= 15 is 0 Å². The van der Waals surface area contributed by atoms with Crippen LogP contribution in [0.4, 0.5) is 0 Å². The van der Waals surface area contributed by atoms with Gasteiger partial charge in [-0.25, -0.2) is 0 Å². The Kier molecular flexibility index (Phi) is 3.34. The Hall–Kier alpha value is -1.15. The number of halogens is 1. The van der Waals surface area contributed by atoms with Gasteiger partial charge in [-0.05, 0) is 45.1 Å². The number of aromatic nitrogens is 1. The summed E-state index contributed by atoms with van der Waals surface area (Å²) in [7, 11) is 0. The molecule has 0 saturated carbocycles. The van der Waals surface area contributed by atoms with E-state index in [-0.39, 0.29) is 5.41 Å². The summed E-state index contributed by atoms with van der Waals surface area (Å²) in [6.45, 7) is 6.67. The molecule has 0 aliphatic carbocycles. The third-order valence-electron chi connectivity index (χ3n) is 2.75. The maximum absolute atomic E-state index is 4.42. The molecule has 2 rings (SSSR count). The van der Waals surface area contributed by atoms with Crippen molar-refractivity contribution >= 4 is 15.9 Å². The number of rotatable bonds is 1. The molecule has 0 aliphatic rings. The van der Waals surface area contributed by atoms with E-state index in [0.717, 1.165) is 10.2 Å². The maximum atomic E-state index is 4.42. The number of nitrogens with zero attached hydrogens (tertiary/aromatic N) is 1. The number of pyridine rings is 1. The molecule has 2 heteroatoms. The zero-order chi connectivity index (χ0) is 12.5. The summed E-state index contributed by atoms with van der Waals surface area (Å²) in [5, 5.41) is 0. The molecule has 0 amide bonds. The summed E-state index contributed by atoms with van der Waals surface area (Å²) in [6.07, 6.45) is 1.83. The van der Waals surface area contributed by atoms with Crippen LogP contribution in [0.25, 0.3) is 11.3 Å². The average molecular weight is 290 g/mol. The highest BCUT2D eigenvalue weighted by atomic mass is 79.9. The van der Waals surface area contributed by atoms with Crippen LogP contribution in [0.2, 0.25) is 0 Å². The van der Waals surface area contributed by atoms with Crippen LogP contribution in [0.1, 0.15) is 26.3 Å². The van der Waals surface area contributed by atoms with E-state index in [4.69, 9.17) is 0 Å². The van der Waals surface area contributed by atoms with E-state index < -0.39 is 0 Å². The Labute approximate surface area is 111 Å². The van der Waals surface area contributed by atoms with Crippen molar-refractivity contribution in [3.8, 4) is 11.3 Å². The first-order chi connectivity index (χ1) is 7.97. The SMILES string of the molecule is CC(C)(C)c1cccc(-c2ccc(Br)cn2)c1. The largest absolute Gasteiger partial charge is 0.255 e. The van der Waals surface area contributed by atoms with E-state index in [1.54, 1.807) is 0 Å². The van der Waals surface area contributed by atoms with Crippen LogP contribution in [0.5, 0.6) is 0 Å². The molecule has 1 heterocycles. The highest BCUT2D eigenvalue weighted by Gasteiger charge is 2.14. The number of benzene rings is 1. The van der Waals surface area contributed by atoms with Gasteiger partial charge in [0, 0.05) is 16.2 Å². The van der Waals surface area contributed by atoms with Gasteiger partial charge >= 0.3 is 0 Å². The second-order valence-corrected chi connectivity index (χ2v) is 6.11. The van der Waals surface area contributed by atoms with Crippen molar-refractivity contribution in [2.45, 2.75) is 26.2 Å². The molecule has 0 saturated heterocycles. The first-order valence-electron chi connectivity index (χ1n) is 5.69. The lowest BCUT2D eigenvalue weighted by atomic mass is 9.86. The first-order valence-corrected chi connectivity index (χ1v) is 6.48. The fourth-order valence-electron chi connectivity index (χ4n) is 1.69. The fraction of sp³-hybridized carbons (Fsp3) is 0.267. The molecule has 0 bridgehead atoms. The lowest BCUT2D eigenvalue weighted by molar-refractivity contribution is 0.590. The molecule has 2 aromatic rings. The van der Waals surface area contributed by atoms with Crippen molar-refractivity contribution in [2.24, 2.45) is 0 Å². The Morgan fingerprint density at radius 2 is 1.82 bits per heavy atom. The van der Waals surface area contributed by atoms with Gasteiger partial charge in [0.25, 0.3) is 0 Å². The van der Waals surface area contributed by atoms with Gasteiger partial charge in [0.2, 0.25) is 0 Å². The zero-order valence-electron chi connectivity index (χ0n) is 10.4. The Balaban J connectivity index is 2.43. The molecule has 0 unspecified atom stereocenters. The number of hydrogen-bond acceptors (Lipinski definition) is 1. The molecule has 0 fully saturated rings. The Morgan fingerprint density at radius 1 is 1.06 bits per heavy atom. The van der Waals surface area contributed by atoms with Crippen LogP contribution in [0.15, 0.2) is 47.1 Å². The zero-order valence-corrected chi connectivity index (χ0v) is 12.0. The predicted molar refractivity (Wildman–Crippen MR) is 76.1 cm³/mol. The fourth-order valence-corrected chi connectivity index (χ4v) is 1.93. The van der Waals surface area contributed by atoms with Crippen LogP contribution in [-0.4, -0.2) is 4.98 Å². The minimum absolute atomic E-state index is 0.172. The van der Waals surface area contributed by atoms with Crippen LogP contribution in [0.3, 0.4) is 0 Å². The average Bonchev–Trinajstić information content (AvgIpc) is 2.29. The highest BCUT2D eigenvalue weighted by Crippen LogP contribution is 2.26. The van der Waals surface area contributed by atoms with Gasteiger partial charge in [-0.3, -0.25) is 4.98 Å². The van der Waals surface area contributed by atoms with Gasteiger partial charge in [-0.1, -0.05) is 39.0 Å². The summed E-state index contributed by atoms with van der Waals surface area (Å²) in [6, 6.07) is 12.6. The molecule has 0 N–H and O–H groups in total. The standard InChI is InChI=1S/C15H16BrN/c1-15(2,3)12-6-4-5-11(9-12)14-8-7-13(16)10-17-14/h4-10H,1-3H3. The lowest BCUT2D eigenvalue weighted by Gasteiger charge is -2.19. The highest BCUT2D eigenvalue weighted by molar-refractivity contribution is 9.10. The van der Waals surface area contributed by atoms with Crippen molar-refractivity contribution in [3.63, 3.8) is 0 Å². The molecule has 17 heavy (non-hydrogen) atoms. The van der Waals surface area contributed by atoms with Gasteiger partial charge in [0.05, 0.1) is 5.69 Å². The molecule has 0 radical (unpaired) electrons. The van der Waals surface area contributed by atoms with Gasteiger partial charge in [0.1, 0.15) is 0 Å². The maximum Gasteiger partial charge on any atom is 0.0702 e. The second-order valence-electron chi connectivity index (χ2n) is 5.19. The van der Waals surface area contributed by atoms with Crippen LogP contribution in [0, 0.1) is 0 Å². The van der Waals surface area contributed by atoms with E-state index in [9.17, 15) is 0 Å². The van der Waals surface area contributed by atoms with Crippen LogP contribution < -0.4 is 0 Å². The normalized spacial score (nSPS) is 11.5. The summed E-state index contributed by atoms with van der Waals surface area (Å²) in [5.41, 5.74) is 3.69. The predicted octanol–water partition coefficient (Wildman–Crippen LogP) is 4.81. The molecule has 0 spiro atoms. The van der Waals surface area contributed by atoms with Crippen molar-refractivity contribution < 1.29 is 0 Å². The summed E-state index contributed by atoms with van der Waals surface area (Å²) in [5.74, 6) is 0. The van der Waals surface area contributed by atoms with Crippen molar-refractivity contribution in [1.82, 2.24) is 4.98 Å². The van der Waals surface area contributed by atoms with Crippen molar-refractivity contribution in [1.29, 1.82) is 0 Å². The molecule has 88 valence electrons. The Morgan fingerprint density at radius 3 is 2.41 bits per heavy atom. The molecule has 1 nitrogen and oxygen atoms in total. The van der Waals surface area contributed by atoms with Gasteiger partial charge in [-0.2, -0.15) is 0 Å². The van der Waals surface area contributed by atoms with E-state index in [0.29, 0.717) is 0 Å². The first kappa shape index (κ1) is 12.3. The quantitative estimate of drug-likeness (QED) is 0.734. The van der Waals surface area contributed by atoms with Gasteiger partial charge in [0.15, 0.2) is 0 Å². The molecular formula is C15H16BrN. The smallest absolute Gasteiger partial charge is 0.0702 e. The molecule has 0 aliphatic heterocycles. The monoisotopic (exact) mass is 289 g/mol. The lowest BCUT2D eigenvalue weighted by Crippen LogP contribution is -2.10. The topological polar surface area (TPSA) is 12.9 Å². The summed E-state index contributed by atoms with van der Waals surface area (Å²) in [4.78, 5) is 4.42. The molecule has 0 atom stereocenters. The van der Waals surface area contributed by atoms with Crippen molar-refractivity contribution in [3.05, 3.63) is 52.6 Å². The summed E-state index contributed by atoms with van der Waals surface area (Å²) >= 11 is 3.40. The van der Waals surface area contributed by atoms with Gasteiger partial charge < -0.3 is 0 Å². The van der Waals surface area contributed by atoms with Crippen molar-refractivity contribution in [2.75, 3.05) is 0 Å². The summed E-state index contributed by atoms with van der Waals surface area (Å²) < 4.78 is 1.01. The number of hydrogen-bond donors (Lipinski definition) is 0. The van der Waals surface area contributed by atoms with E-state index in [2.05, 4.69) is 66.0 Å². The Bertz CT molecular complexity index is 509. The minimum Gasteiger partial charge on any atom is -0.255 e. The van der Waals surface area contributed by atoms with Crippen LogP contribution >= 0.6 is 15.9 Å². The van der Waals surface area contributed by atoms with E-state index in [1.165, 1.54) is 11.1 Å². The molecule has 1 aromatic carbocycles. The van der Waals surface area contributed by atoms with E-state index in [1.807, 2.05) is 18.3 Å². The third-order valence-corrected chi connectivity index (χ3v) is 3.22. The molecule has 1 aromatic heterocycles. The van der Waals surface area contributed by atoms with Crippen LogP contribution in [-0.2, 0) is 5.41 Å². The third kappa shape index (κ3) is 2.95. The van der Waals surface area contributed by atoms with Gasteiger partial charge in [-0.15, -0.1) is 0 Å². The second kappa shape index (κ2) is 4.61. The minimum atomic E-state index is 0.172. The molecular weight excluding hydrogens is 274 g/mol.